The fourth-order valence-corrected chi connectivity index (χ4v) is 2.65. The van der Waals surface area contributed by atoms with Crippen LogP contribution in [0.4, 0.5) is 0 Å². The predicted molar refractivity (Wildman–Crippen MR) is 83.9 cm³/mol. The summed E-state index contributed by atoms with van der Waals surface area (Å²) in [6.07, 6.45) is 2.12. The smallest absolute Gasteiger partial charge is 0.133 e. The van der Waals surface area contributed by atoms with Gasteiger partial charge in [-0.3, -0.25) is 0 Å². The van der Waals surface area contributed by atoms with Crippen LogP contribution in [0.25, 0.3) is 0 Å². The van der Waals surface area contributed by atoms with Gasteiger partial charge >= 0.3 is 0 Å². The fraction of sp³-hybridized carbons (Fsp3) is 0.562. The van der Waals surface area contributed by atoms with Crippen LogP contribution < -0.4 is 11.1 Å². The molecular weight excluding hydrogens is 276 g/mol. The maximum absolute atomic E-state index is 9.43. The van der Waals surface area contributed by atoms with Crippen LogP contribution >= 0.6 is 0 Å². The average molecular weight is 298 g/mol. The van der Waals surface area contributed by atoms with Crippen molar-refractivity contribution in [3.8, 4) is 18.2 Å². The van der Waals surface area contributed by atoms with Crippen molar-refractivity contribution in [3.05, 3.63) is 22.4 Å². The van der Waals surface area contributed by atoms with Crippen LogP contribution in [-0.4, -0.2) is 37.1 Å². The third-order valence-corrected chi connectivity index (χ3v) is 3.92. The summed E-state index contributed by atoms with van der Waals surface area (Å²) < 4.78 is 0. The summed E-state index contributed by atoms with van der Waals surface area (Å²) >= 11 is 0. The van der Waals surface area contributed by atoms with Gasteiger partial charge in [0, 0.05) is 37.9 Å². The molecule has 6 nitrogen and oxygen atoms in total. The Hall–Kier alpha value is -2.33. The van der Waals surface area contributed by atoms with Crippen LogP contribution in [0.15, 0.2) is 22.4 Å². The predicted octanol–water partition coefficient (Wildman–Crippen LogP) is 1.16. The summed E-state index contributed by atoms with van der Waals surface area (Å²) in [5.41, 5.74) is 7.19. The van der Waals surface area contributed by atoms with Gasteiger partial charge in [-0.25, -0.2) is 0 Å². The van der Waals surface area contributed by atoms with Crippen molar-refractivity contribution in [2.75, 3.05) is 26.2 Å². The Morgan fingerprint density at radius 2 is 1.91 bits per heavy atom. The van der Waals surface area contributed by atoms with E-state index >= 15 is 0 Å². The number of hydrogen-bond donors (Lipinski definition) is 2. The number of nitrogens with zero attached hydrogens (tertiary/aromatic N) is 4. The van der Waals surface area contributed by atoms with Crippen LogP contribution in [0.2, 0.25) is 0 Å². The van der Waals surface area contributed by atoms with Crippen molar-refractivity contribution >= 4 is 0 Å². The van der Waals surface area contributed by atoms with Crippen molar-refractivity contribution in [1.82, 2.24) is 10.2 Å². The van der Waals surface area contributed by atoms with E-state index in [4.69, 9.17) is 16.3 Å². The van der Waals surface area contributed by atoms with Gasteiger partial charge in [0.1, 0.15) is 23.8 Å². The van der Waals surface area contributed by atoms with Gasteiger partial charge in [-0.15, -0.1) is 0 Å². The highest BCUT2D eigenvalue weighted by Crippen LogP contribution is 2.23. The maximum atomic E-state index is 9.43. The first kappa shape index (κ1) is 17.7. The van der Waals surface area contributed by atoms with Crippen molar-refractivity contribution in [1.29, 1.82) is 15.8 Å². The minimum absolute atomic E-state index is 0.00860. The van der Waals surface area contributed by atoms with Gasteiger partial charge in [0.15, 0.2) is 0 Å². The van der Waals surface area contributed by atoms with Gasteiger partial charge in [0.25, 0.3) is 0 Å². The molecule has 0 spiro atoms. The fourth-order valence-electron chi connectivity index (χ4n) is 2.65. The highest BCUT2D eigenvalue weighted by Gasteiger charge is 2.22. The van der Waals surface area contributed by atoms with Crippen molar-refractivity contribution < 1.29 is 0 Å². The van der Waals surface area contributed by atoms with Gasteiger partial charge in [0.2, 0.25) is 0 Å². The molecule has 22 heavy (non-hydrogen) atoms. The molecule has 0 bridgehead atoms. The molecule has 0 aromatic carbocycles. The van der Waals surface area contributed by atoms with E-state index in [9.17, 15) is 5.26 Å². The van der Waals surface area contributed by atoms with Crippen LogP contribution in [0.3, 0.4) is 0 Å². The van der Waals surface area contributed by atoms with Gasteiger partial charge in [-0.1, -0.05) is 0 Å². The molecule has 1 atom stereocenters. The molecule has 0 aromatic rings. The van der Waals surface area contributed by atoms with E-state index in [1.165, 1.54) is 0 Å². The number of rotatable bonds is 5. The normalized spacial score (nSPS) is 18.5. The molecule has 1 saturated heterocycles. The zero-order valence-electron chi connectivity index (χ0n) is 13.2. The molecule has 0 aliphatic carbocycles. The largest absolute Gasteiger partial charge is 0.372 e. The summed E-state index contributed by atoms with van der Waals surface area (Å²) in [7, 11) is 0. The number of allylic oxidation sites excluding steroid dienone is 4. The van der Waals surface area contributed by atoms with Gasteiger partial charge in [-0.05, 0) is 32.3 Å². The molecule has 1 rings (SSSR count). The zero-order chi connectivity index (χ0) is 16.5. The Bertz CT molecular complexity index is 565. The van der Waals surface area contributed by atoms with E-state index in [-0.39, 0.29) is 5.57 Å². The third-order valence-electron chi connectivity index (χ3n) is 3.92. The minimum Gasteiger partial charge on any atom is -0.372 e. The number of piperidine rings is 1. The molecule has 0 aromatic heterocycles. The molecule has 1 unspecified atom stereocenters. The summed E-state index contributed by atoms with van der Waals surface area (Å²) in [6, 6.07) is 6.19. The molecule has 0 amide bonds. The molecule has 1 fully saturated rings. The van der Waals surface area contributed by atoms with E-state index < -0.39 is 0 Å². The zero-order valence-corrected chi connectivity index (χ0v) is 13.2. The van der Waals surface area contributed by atoms with E-state index in [1.54, 1.807) is 6.92 Å². The maximum Gasteiger partial charge on any atom is 0.133 e. The van der Waals surface area contributed by atoms with Gasteiger partial charge in [-0.2, -0.15) is 15.8 Å². The molecule has 0 radical (unpaired) electrons. The van der Waals surface area contributed by atoms with Crippen molar-refractivity contribution in [3.63, 3.8) is 0 Å². The lowest BCUT2D eigenvalue weighted by atomic mass is 9.99. The van der Waals surface area contributed by atoms with E-state index in [0.717, 1.165) is 38.2 Å². The monoisotopic (exact) mass is 298 g/mol. The first-order valence-electron chi connectivity index (χ1n) is 7.39. The Kier molecular flexibility index (Phi) is 7.13. The van der Waals surface area contributed by atoms with Crippen LogP contribution in [-0.2, 0) is 0 Å². The molecule has 1 aliphatic heterocycles. The number of nitriles is 3. The summed E-state index contributed by atoms with van der Waals surface area (Å²) in [6.45, 7) is 6.58. The lowest BCUT2D eigenvalue weighted by Crippen LogP contribution is -2.46. The highest BCUT2D eigenvalue weighted by atomic mass is 15.2. The SMILES string of the molecule is CC(=C(C#N)C#N)/C(C#N)=C(\C)N1CCCC(NCCN)C1. The number of nitrogens with two attached hydrogens (primary N) is 1. The third kappa shape index (κ3) is 4.33. The first-order chi connectivity index (χ1) is 10.6. The van der Waals surface area contributed by atoms with E-state index in [0.29, 0.717) is 23.7 Å². The van der Waals surface area contributed by atoms with E-state index in [2.05, 4.69) is 16.3 Å². The van der Waals surface area contributed by atoms with Gasteiger partial charge < -0.3 is 16.0 Å². The molecule has 3 N–H and O–H groups in total. The number of likely N-dealkylation sites (tertiary alicyclic amines) is 1. The quantitative estimate of drug-likeness (QED) is 0.581. The standard InChI is InChI=1S/C16H22N6/c1-12(14(8-18)9-19)16(10-20)13(2)22-7-3-4-15(11-22)21-6-5-17/h15,21H,3-7,11,17H2,1-2H3/b16-13+. The molecule has 1 heterocycles. The van der Waals surface area contributed by atoms with Gasteiger partial charge in [0.05, 0.1) is 5.57 Å². The van der Waals surface area contributed by atoms with Crippen LogP contribution in [0.1, 0.15) is 26.7 Å². The Morgan fingerprint density at radius 1 is 1.23 bits per heavy atom. The Labute approximate surface area is 132 Å². The summed E-state index contributed by atoms with van der Waals surface area (Å²) in [5.74, 6) is 0. The lowest BCUT2D eigenvalue weighted by Gasteiger charge is -2.36. The molecule has 116 valence electrons. The number of hydrogen-bond acceptors (Lipinski definition) is 6. The number of nitrogens with one attached hydrogen (secondary N) is 1. The topological polar surface area (TPSA) is 113 Å². The molecule has 6 heteroatoms. The second-order valence-corrected chi connectivity index (χ2v) is 5.32. The summed E-state index contributed by atoms with van der Waals surface area (Å²) in [5, 5.41) is 30.8. The van der Waals surface area contributed by atoms with Crippen LogP contribution in [0, 0.1) is 34.0 Å². The summed E-state index contributed by atoms with van der Waals surface area (Å²) in [4.78, 5) is 2.14. The van der Waals surface area contributed by atoms with E-state index in [1.807, 2.05) is 19.1 Å². The molecule has 0 saturated carbocycles. The molecular formula is C16H22N6. The highest BCUT2D eigenvalue weighted by molar-refractivity contribution is 5.54. The Morgan fingerprint density at radius 3 is 2.45 bits per heavy atom. The second kappa shape index (κ2) is 8.85. The molecule has 1 aliphatic rings. The second-order valence-electron chi connectivity index (χ2n) is 5.32. The Balaban J connectivity index is 3.02. The minimum atomic E-state index is -0.00860. The van der Waals surface area contributed by atoms with Crippen LogP contribution in [0.5, 0.6) is 0 Å². The average Bonchev–Trinajstić information content (AvgIpc) is 2.55. The van der Waals surface area contributed by atoms with Crippen molar-refractivity contribution in [2.24, 2.45) is 5.73 Å². The van der Waals surface area contributed by atoms with Crippen molar-refractivity contribution in [2.45, 2.75) is 32.7 Å². The first-order valence-corrected chi connectivity index (χ1v) is 7.39. The lowest BCUT2D eigenvalue weighted by molar-refractivity contribution is 0.235.